The van der Waals surface area contributed by atoms with Gasteiger partial charge in [0.25, 0.3) is 10.0 Å². The van der Waals surface area contributed by atoms with Gasteiger partial charge in [0, 0.05) is 12.1 Å². The van der Waals surface area contributed by atoms with E-state index in [1.54, 1.807) is 11.3 Å². The van der Waals surface area contributed by atoms with Crippen molar-refractivity contribution < 1.29 is 13.5 Å². The first-order valence-electron chi connectivity index (χ1n) is 5.27. The summed E-state index contributed by atoms with van der Waals surface area (Å²) >= 11 is 1.57. The van der Waals surface area contributed by atoms with Crippen LogP contribution in [0.2, 0.25) is 0 Å². The largest absolute Gasteiger partial charge is 0.392 e. The van der Waals surface area contributed by atoms with Crippen LogP contribution in [0.25, 0.3) is 0 Å². The van der Waals surface area contributed by atoms with E-state index >= 15 is 0 Å². The van der Waals surface area contributed by atoms with Crippen LogP contribution in [-0.4, -0.2) is 30.3 Å². The van der Waals surface area contributed by atoms with E-state index in [-0.39, 0.29) is 17.2 Å². The highest BCUT2D eigenvalue weighted by Crippen LogP contribution is 2.11. The molecule has 0 atom stereocenters. The maximum Gasteiger partial charge on any atom is 0.257 e. The Bertz CT molecular complexity index is 590. The molecule has 0 unspecified atom stereocenters. The third-order valence-electron chi connectivity index (χ3n) is 2.40. The zero-order valence-corrected chi connectivity index (χ0v) is 11.1. The summed E-state index contributed by atoms with van der Waals surface area (Å²) in [6.45, 7) is -0.0553. The molecule has 0 bridgehead atoms. The van der Waals surface area contributed by atoms with E-state index in [1.165, 1.54) is 6.20 Å². The van der Waals surface area contributed by atoms with E-state index in [0.29, 0.717) is 13.0 Å². The molecule has 0 saturated heterocycles. The van der Waals surface area contributed by atoms with Crippen molar-refractivity contribution in [2.45, 2.75) is 18.1 Å². The van der Waals surface area contributed by atoms with E-state index in [0.717, 1.165) is 5.56 Å². The van der Waals surface area contributed by atoms with Gasteiger partial charge >= 0.3 is 0 Å². The number of hydrogen-bond acceptors (Lipinski definition) is 5. The third-order valence-corrected chi connectivity index (χ3v) is 4.61. The quantitative estimate of drug-likeness (QED) is 0.720. The van der Waals surface area contributed by atoms with Crippen molar-refractivity contribution >= 4 is 21.4 Å². The number of aromatic nitrogens is 2. The average Bonchev–Trinajstić information content (AvgIpc) is 2.99. The molecule has 0 fully saturated rings. The predicted molar refractivity (Wildman–Crippen MR) is 67.7 cm³/mol. The zero-order chi connectivity index (χ0) is 13.0. The minimum Gasteiger partial charge on any atom is -0.392 e. The van der Waals surface area contributed by atoms with E-state index in [9.17, 15) is 8.42 Å². The minimum atomic E-state index is -3.64. The van der Waals surface area contributed by atoms with E-state index in [1.807, 2.05) is 16.8 Å². The Morgan fingerprint density at radius 2 is 2.33 bits per heavy atom. The highest BCUT2D eigenvalue weighted by atomic mass is 32.2. The summed E-state index contributed by atoms with van der Waals surface area (Å²) < 4.78 is 26.3. The van der Waals surface area contributed by atoms with Crippen LogP contribution >= 0.6 is 11.3 Å². The molecule has 8 heteroatoms. The molecule has 2 heterocycles. The lowest BCUT2D eigenvalue weighted by molar-refractivity contribution is 0.278. The predicted octanol–water partition coefficient (Wildman–Crippen LogP) is 0.484. The number of H-pyrrole nitrogens is 1. The highest BCUT2D eigenvalue weighted by molar-refractivity contribution is 7.89. The topological polar surface area (TPSA) is 95.1 Å². The van der Waals surface area contributed by atoms with Gasteiger partial charge in [0.15, 0.2) is 5.03 Å². The van der Waals surface area contributed by atoms with Gasteiger partial charge in [-0.3, -0.25) is 5.10 Å². The van der Waals surface area contributed by atoms with Crippen LogP contribution in [0.4, 0.5) is 0 Å². The molecule has 18 heavy (non-hydrogen) atoms. The maximum absolute atomic E-state index is 11.9. The van der Waals surface area contributed by atoms with E-state index < -0.39 is 10.0 Å². The molecule has 2 rings (SSSR count). The molecule has 0 aliphatic rings. The molecule has 3 N–H and O–H groups in total. The fraction of sp³-hybridized carbons (Fsp3) is 0.300. The van der Waals surface area contributed by atoms with Gasteiger partial charge in [-0.1, -0.05) is 0 Å². The van der Waals surface area contributed by atoms with Crippen molar-refractivity contribution in [2.75, 3.05) is 6.54 Å². The summed E-state index contributed by atoms with van der Waals surface area (Å²) in [6.07, 6.45) is 1.93. The van der Waals surface area contributed by atoms with Crippen LogP contribution in [0.1, 0.15) is 11.1 Å². The average molecular weight is 287 g/mol. The Morgan fingerprint density at radius 3 is 3.00 bits per heavy atom. The molecule has 98 valence electrons. The Balaban J connectivity index is 1.99. The molecule has 0 aliphatic heterocycles. The maximum atomic E-state index is 11.9. The summed E-state index contributed by atoms with van der Waals surface area (Å²) in [6, 6.07) is 1.95. The van der Waals surface area contributed by atoms with Crippen molar-refractivity contribution in [2.24, 2.45) is 0 Å². The van der Waals surface area contributed by atoms with Crippen molar-refractivity contribution in [3.63, 3.8) is 0 Å². The van der Waals surface area contributed by atoms with Gasteiger partial charge in [0.05, 0.1) is 12.8 Å². The number of nitrogens with one attached hydrogen (secondary N) is 2. The molecule has 0 saturated carbocycles. The number of aliphatic hydroxyl groups is 1. The number of rotatable bonds is 6. The first-order valence-corrected chi connectivity index (χ1v) is 7.70. The number of nitrogens with zero attached hydrogens (tertiary/aromatic N) is 1. The van der Waals surface area contributed by atoms with Gasteiger partial charge in [0.1, 0.15) is 0 Å². The summed E-state index contributed by atoms with van der Waals surface area (Å²) in [7, 11) is -3.64. The normalized spacial score (nSPS) is 11.8. The Hall–Kier alpha value is -1.22. The monoisotopic (exact) mass is 287 g/mol. The number of hydrogen-bond donors (Lipinski definition) is 3. The van der Waals surface area contributed by atoms with Gasteiger partial charge in [-0.25, -0.2) is 13.1 Å². The first-order chi connectivity index (χ1) is 8.63. The molecular formula is C10H13N3O3S2. The number of aromatic amines is 1. The van der Waals surface area contributed by atoms with Crippen molar-refractivity contribution in [3.05, 3.63) is 34.2 Å². The number of thiophene rings is 1. The van der Waals surface area contributed by atoms with Crippen molar-refractivity contribution in [3.8, 4) is 0 Å². The van der Waals surface area contributed by atoms with Crippen molar-refractivity contribution in [1.29, 1.82) is 0 Å². The first kappa shape index (κ1) is 13.2. The second-order valence-corrected chi connectivity index (χ2v) is 6.15. The number of aliphatic hydroxyl groups excluding tert-OH is 1. The zero-order valence-electron chi connectivity index (χ0n) is 9.46. The van der Waals surface area contributed by atoms with Gasteiger partial charge in [-0.2, -0.15) is 16.4 Å². The van der Waals surface area contributed by atoms with Crippen LogP contribution in [0, 0.1) is 0 Å². The summed E-state index contributed by atoms with van der Waals surface area (Å²) in [4.78, 5) is 0. The van der Waals surface area contributed by atoms with Gasteiger partial charge in [-0.05, 0) is 28.8 Å². The summed E-state index contributed by atoms with van der Waals surface area (Å²) in [5.41, 5.74) is 1.35. The second kappa shape index (κ2) is 5.61. The Labute approximate surface area is 109 Å². The molecular weight excluding hydrogens is 274 g/mol. The molecule has 0 aliphatic carbocycles. The van der Waals surface area contributed by atoms with Gasteiger partial charge in [-0.15, -0.1) is 0 Å². The lowest BCUT2D eigenvalue weighted by Crippen LogP contribution is -2.27. The van der Waals surface area contributed by atoms with E-state index in [4.69, 9.17) is 5.11 Å². The molecule has 0 spiro atoms. The number of sulfonamides is 1. The Morgan fingerprint density at radius 1 is 1.50 bits per heavy atom. The van der Waals surface area contributed by atoms with Gasteiger partial charge < -0.3 is 5.11 Å². The van der Waals surface area contributed by atoms with Gasteiger partial charge in [0.2, 0.25) is 0 Å². The molecule has 0 radical (unpaired) electrons. The lowest BCUT2D eigenvalue weighted by atomic mass is 10.2. The fourth-order valence-corrected chi connectivity index (χ4v) is 3.33. The third kappa shape index (κ3) is 2.96. The van der Waals surface area contributed by atoms with E-state index in [2.05, 4.69) is 14.9 Å². The molecule has 6 nitrogen and oxygen atoms in total. The van der Waals surface area contributed by atoms with Crippen LogP contribution < -0.4 is 4.72 Å². The standard InChI is InChI=1S/C10H13N3O3S2/c14-6-9-5-11-13-10(9)18(15,16)12-3-1-8-2-4-17-7-8/h2,4-5,7,12,14H,1,3,6H2,(H,11,13). The van der Waals surface area contributed by atoms with Crippen LogP contribution in [0.3, 0.4) is 0 Å². The minimum absolute atomic E-state index is 0.0738. The van der Waals surface area contributed by atoms with Crippen LogP contribution in [0.15, 0.2) is 28.0 Å². The fourth-order valence-electron chi connectivity index (χ4n) is 1.48. The smallest absolute Gasteiger partial charge is 0.257 e. The molecule has 2 aromatic rings. The Kier molecular flexibility index (Phi) is 4.12. The highest BCUT2D eigenvalue weighted by Gasteiger charge is 2.19. The second-order valence-electron chi connectivity index (χ2n) is 3.66. The van der Waals surface area contributed by atoms with Crippen LogP contribution in [0.5, 0.6) is 0 Å². The van der Waals surface area contributed by atoms with Crippen molar-refractivity contribution in [1.82, 2.24) is 14.9 Å². The SMILES string of the molecule is O=S(=O)(NCCc1ccsc1)c1[nH]ncc1CO. The lowest BCUT2D eigenvalue weighted by Gasteiger charge is -2.05. The summed E-state index contributed by atoms with van der Waals surface area (Å²) in [5, 5.41) is 18.8. The summed E-state index contributed by atoms with van der Waals surface area (Å²) in [5.74, 6) is 0. The molecule has 0 aromatic carbocycles. The molecule has 0 amide bonds. The van der Waals surface area contributed by atoms with Crippen LogP contribution in [-0.2, 0) is 23.1 Å². The molecule has 2 aromatic heterocycles.